The summed E-state index contributed by atoms with van der Waals surface area (Å²) in [6.45, 7) is -0.330. The standard InChI is InChI=1S/C23H25NO5/c1-28-22(26)17-12-14-18(15-13-17)23(27)29-16-21(25)24(19-8-4-2-5-9-19)20-10-6-3-7-11-20/h2,4-5,8-9,12-15,20H,3,6-7,10-11,16H2,1H3. The molecule has 3 rings (SSSR count). The van der Waals surface area contributed by atoms with E-state index >= 15 is 0 Å². The van der Waals surface area contributed by atoms with E-state index in [1.54, 1.807) is 4.90 Å². The SMILES string of the molecule is COC(=O)c1ccc(C(=O)OCC(=O)N(c2ccccc2)C2CCCCC2)cc1. The van der Waals surface area contributed by atoms with Gasteiger partial charge in [0.25, 0.3) is 5.91 Å². The number of carbonyl (C=O) groups excluding carboxylic acids is 3. The van der Waals surface area contributed by atoms with Crippen molar-refractivity contribution in [2.24, 2.45) is 0 Å². The molecule has 0 spiro atoms. The number of ether oxygens (including phenoxy) is 2. The van der Waals surface area contributed by atoms with Crippen LogP contribution in [0.1, 0.15) is 52.8 Å². The van der Waals surface area contributed by atoms with Crippen LogP contribution in [0.5, 0.6) is 0 Å². The summed E-state index contributed by atoms with van der Waals surface area (Å²) in [5.74, 6) is -1.32. The topological polar surface area (TPSA) is 72.9 Å². The number of benzene rings is 2. The molecule has 0 saturated heterocycles. The normalized spacial score (nSPS) is 14.1. The first-order valence-corrected chi connectivity index (χ1v) is 9.83. The predicted octanol–water partition coefficient (Wildman–Crippen LogP) is 4.00. The fourth-order valence-electron chi connectivity index (χ4n) is 3.63. The largest absolute Gasteiger partial charge is 0.465 e. The third-order valence-electron chi connectivity index (χ3n) is 5.11. The van der Waals surface area contributed by atoms with Crippen molar-refractivity contribution in [3.63, 3.8) is 0 Å². The molecule has 152 valence electrons. The zero-order valence-corrected chi connectivity index (χ0v) is 16.5. The minimum Gasteiger partial charge on any atom is -0.465 e. The summed E-state index contributed by atoms with van der Waals surface area (Å²) < 4.78 is 9.90. The number of esters is 2. The fraction of sp³-hybridized carbons (Fsp3) is 0.348. The third kappa shape index (κ3) is 5.22. The van der Waals surface area contributed by atoms with Gasteiger partial charge in [-0.15, -0.1) is 0 Å². The second-order valence-electron chi connectivity index (χ2n) is 7.04. The van der Waals surface area contributed by atoms with Crippen molar-refractivity contribution in [1.82, 2.24) is 0 Å². The molecule has 6 heteroatoms. The fourth-order valence-corrected chi connectivity index (χ4v) is 3.63. The first-order valence-electron chi connectivity index (χ1n) is 9.83. The molecular weight excluding hydrogens is 370 g/mol. The maximum Gasteiger partial charge on any atom is 0.338 e. The van der Waals surface area contributed by atoms with E-state index in [4.69, 9.17) is 4.74 Å². The second kappa shape index (κ2) is 9.87. The van der Waals surface area contributed by atoms with Crippen molar-refractivity contribution in [1.29, 1.82) is 0 Å². The van der Waals surface area contributed by atoms with E-state index in [1.807, 2.05) is 30.3 Å². The van der Waals surface area contributed by atoms with Crippen LogP contribution in [0.4, 0.5) is 5.69 Å². The molecule has 1 aliphatic carbocycles. The van der Waals surface area contributed by atoms with E-state index in [-0.39, 0.29) is 24.1 Å². The zero-order valence-electron chi connectivity index (χ0n) is 16.5. The number of anilines is 1. The van der Waals surface area contributed by atoms with E-state index in [0.29, 0.717) is 5.56 Å². The molecule has 0 unspecified atom stereocenters. The Kier molecular flexibility index (Phi) is 7.00. The van der Waals surface area contributed by atoms with Crippen LogP contribution in [0.2, 0.25) is 0 Å². The van der Waals surface area contributed by atoms with Gasteiger partial charge in [-0.25, -0.2) is 9.59 Å². The van der Waals surface area contributed by atoms with Gasteiger partial charge in [0.2, 0.25) is 0 Å². The van der Waals surface area contributed by atoms with Gasteiger partial charge < -0.3 is 14.4 Å². The van der Waals surface area contributed by atoms with Crippen molar-refractivity contribution < 1.29 is 23.9 Å². The minimum atomic E-state index is -0.605. The maximum atomic E-state index is 12.9. The molecule has 29 heavy (non-hydrogen) atoms. The second-order valence-corrected chi connectivity index (χ2v) is 7.04. The van der Waals surface area contributed by atoms with Gasteiger partial charge >= 0.3 is 11.9 Å². The summed E-state index contributed by atoms with van der Waals surface area (Å²) in [4.78, 5) is 38.5. The first kappa shape index (κ1) is 20.6. The minimum absolute atomic E-state index is 0.122. The summed E-state index contributed by atoms with van der Waals surface area (Å²) >= 11 is 0. The highest BCUT2D eigenvalue weighted by atomic mass is 16.5. The van der Waals surface area contributed by atoms with E-state index in [2.05, 4.69) is 4.74 Å². The molecule has 0 radical (unpaired) electrons. The summed E-state index contributed by atoms with van der Waals surface area (Å²) in [7, 11) is 1.29. The Morgan fingerprint density at radius 1 is 0.862 bits per heavy atom. The van der Waals surface area contributed by atoms with Crippen LogP contribution in [0, 0.1) is 0 Å². The van der Waals surface area contributed by atoms with Crippen molar-refractivity contribution in [2.45, 2.75) is 38.1 Å². The Bertz CT molecular complexity index is 841. The number of amides is 1. The number of methoxy groups -OCH3 is 1. The van der Waals surface area contributed by atoms with Crippen LogP contribution in [-0.2, 0) is 14.3 Å². The summed E-state index contributed by atoms with van der Waals surface area (Å²) in [6.07, 6.45) is 5.26. The van der Waals surface area contributed by atoms with E-state index < -0.39 is 11.9 Å². The Labute approximate surface area is 170 Å². The third-order valence-corrected chi connectivity index (χ3v) is 5.11. The lowest BCUT2D eigenvalue weighted by atomic mass is 9.93. The number of nitrogens with zero attached hydrogens (tertiary/aromatic N) is 1. The summed E-state index contributed by atoms with van der Waals surface area (Å²) in [5.41, 5.74) is 1.44. The van der Waals surface area contributed by atoms with Gasteiger partial charge in [0.15, 0.2) is 6.61 Å². The molecule has 1 saturated carbocycles. The number of rotatable bonds is 6. The van der Waals surface area contributed by atoms with Crippen molar-refractivity contribution in [2.75, 3.05) is 18.6 Å². The molecule has 0 N–H and O–H groups in total. The highest BCUT2D eigenvalue weighted by Gasteiger charge is 2.27. The van der Waals surface area contributed by atoms with Crippen LogP contribution in [0.3, 0.4) is 0 Å². The average Bonchev–Trinajstić information content (AvgIpc) is 2.78. The molecule has 1 fully saturated rings. The average molecular weight is 395 g/mol. The molecular formula is C23H25NO5. The van der Waals surface area contributed by atoms with Crippen LogP contribution in [0.15, 0.2) is 54.6 Å². The van der Waals surface area contributed by atoms with Crippen molar-refractivity contribution in [3.8, 4) is 0 Å². The van der Waals surface area contributed by atoms with Crippen LogP contribution < -0.4 is 4.90 Å². The molecule has 0 bridgehead atoms. The van der Waals surface area contributed by atoms with Crippen LogP contribution in [0.25, 0.3) is 0 Å². The van der Waals surface area contributed by atoms with Crippen molar-refractivity contribution in [3.05, 3.63) is 65.7 Å². The molecule has 2 aromatic carbocycles. The van der Waals surface area contributed by atoms with Gasteiger partial charge in [-0.3, -0.25) is 4.79 Å². The molecule has 1 amide bonds. The molecule has 0 atom stereocenters. The Morgan fingerprint density at radius 3 is 2.03 bits per heavy atom. The first-order chi connectivity index (χ1) is 14.1. The van der Waals surface area contributed by atoms with Gasteiger partial charge in [-0.05, 0) is 49.2 Å². The Balaban J connectivity index is 1.66. The number of hydrogen-bond donors (Lipinski definition) is 0. The Morgan fingerprint density at radius 2 is 1.45 bits per heavy atom. The van der Waals surface area contributed by atoms with Gasteiger partial charge in [0.1, 0.15) is 0 Å². The van der Waals surface area contributed by atoms with Crippen LogP contribution in [-0.4, -0.2) is 37.6 Å². The number of para-hydroxylation sites is 1. The monoisotopic (exact) mass is 395 g/mol. The van der Waals surface area contributed by atoms with E-state index in [9.17, 15) is 14.4 Å². The molecule has 0 aromatic heterocycles. The summed E-state index contributed by atoms with van der Waals surface area (Å²) in [5, 5.41) is 0. The highest BCUT2D eigenvalue weighted by Crippen LogP contribution is 2.27. The van der Waals surface area contributed by atoms with E-state index in [0.717, 1.165) is 31.4 Å². The summed E-state index contributed by atoms with van der Waals surface area (Å²) in [6, 6.07) is 15.6. The van der Waals surface area contributed by atoms with Gasteiger partial charge in [-0.2, -0.15) is 0 Å². The molecule has 0 aliphatic heterocycles. The van der Waals surface area contributed by atoms with Crippen LogP contribution >= 0.6 is 0 Å². The van der Waals surface area contributed by atoms with Gasteiger partial charge in [0, 0.05) is 11.7 Å². The van der Waals surface area contributed by atoms with E-state index in [1.165, 1.54) is 37.8 Å². The molecule has 6 nitrogen and oxygen atoms in total. The van der Waals surface area contributed by atoms with Gasteiger partial charge in [0.05, 0.1) is 18.2 Å². The molecule has 2 aromatic rings. The number of hydrogen-bond acceptors (Lipinski definition) is 5. The zero-order chi connectivity index (χ0) is 20.6. The van der Waals surface area contributed by atoms with Crippen molar-refractivity contribution >= 4 is 23.5 Å². The maximum absolute atomic E-state index is 12.9. The van der Waals surface area contributed by atoms with Gasteiger partial charge in [-0.1, -0.05) is 37.5 Å². The highest BCUT2D eigenvalue weighted by molar-refractivity contribution is 5.98. The molecule has 0 heterocycles. The predicted molar refractivity (Wildman–Crippen MR) is 109 cm³/mol. The lowest BCUT2D eigenvalue weighted by molar-refractivity contribution is -0.122. The quantitative estimate of drug-likeness (QED) is 0.692. The Hall–Kier alpha value is -3.15. The smallest absolute Gasteiger partial charge is 0.338 e. The molecule has 1 aliphatic rings. The lowest BCUT2D eigenvalue weighted by Crippen LogP contribution is -2.43. The lowest BCUT2D eigenvalue weighted by Gasteiger charge is -2.34. The number of carbonyl (C=O) groups is 3.